The molecule has 1 unspecified atom stereocenters. The van der Waals surface area contributed by atoms with Crippen LogP contribution in [0.15, 0.2) is 34.7 Å². The minimum Gasteiger partial charge on any atom is -0.463 e. The Labute approximate surface area is 199 Å². The lowest BCUT2D eigenvalue weighted by Gasteiger charge is -2.22. The second kappa shape index (κ2) is 10.0. The van der Waals surface area contributed by atoms with Gasteiger partial charge in [-0.2, -0.15) is 0 Å². The molecule has 1 aliphatic rings. The van der Waals surface area contributed by atoms with Gasteiger partial charge < -0.3 is 24.4 Å². The van der Waals surface area contributed by atoms with E-state index in [2.05, 4.69) is 0 Å². The second-order valence-corrected chi connectivity index (χ2v) is 8.50. The van der Waals surface area contributed by atoms with E-state index in [1.54, 1.807) is 12.1 Å². The minimum atomic E-state index is -1.24. The number of ketones is 3. The fraction of sp³-hybridized carbons (Fsp3) is 0.333. The number of esters is 3. The zero-order chi connectivity index (χ0) is 25.9. The lowest BCUT2D eigenvalue weighted by Crippen LogP contribution is -2.36. The number of benzene rings is 1. The molecule has 0 saturated carbocycles. The zero-order valence-corrected chi connectivity index (χ0v) is 19.2. The molecule has 0 saturated heterocycles. The number of carbonyl (C=O) groups is 6. The smallest absolute Gasteiger partial charge is 0.322 e. The predicted molar refractivity (Wildman–Crippen MR) is 116 cm³/mol. The first-order valence-corrected chi connectivity index (χ1v) is 10.5. The van der Waals surface area contributed by atoms with E-state index in [9.17, 15) is 28.8 Å². The van der Waals surface area contributed by atoms with Crippen LogP contribution >= 0.6 is 0 Å². The first kappa shape index (κ1) is 25.5. The Kier molecular flexibility index (Phi) is 7.30. The average Bonchev–Trinajstić information content (AvgIpc) is 3.27. The van der Waals surface area contributed by atoms with E-state index < -0.39 is 59.9 Å². The number of Topliss-reactive ketones (excluding diaryl/α,β-unsaturated/α-hetero) is 1. The van der Waals surface area contributed by atoms with Crippen LogP contribution in [-0.2, 0) is 28.6 Å². The Morgan fingerprint density at radius 3 is 2.23 bits per heavy atom. The van der Waals surface area contributed by atoms with Gasteiger partial charge in [-0.15, -0.1) is 0 Å². The van der Waals surface area contributed by atoms with Gasteiger partial charge in [-0.05, 0) is 26.8 Å². The minimum absolute atomic E-state index is 0.0636. The molecule has 0 bridgehead atoms. The van der Waals surface area contributed by atoms with Gasteiger partial charge in [0.2, 0.25) is 18.4 Å². The third kappa shape index (κ3) is 5.52. The fourth-order valence-electron chi connectivity index (χ4n) is 3.07. The van der Waals surface area contributed by atoms with Crippen LogP contribution in [0.25, 0.3) is 0 Å². The summed E-state index contributed by atoms with van der Waals surface area (Å²) in [4.78, 5) is 73.2. The molecule has 1 aliphatic carbocycles. The molecule has 11 heteroatoms. The molecular weight excluding hydrogens is 462 g/mol. The Hall–Kier alpha value is -4.12. The van der Waals surface area contributed by atoms with E-state index >= 15 is 0 Å². The molecule has 1 aromatic heterocycles. The largest absolute Gasteiger partial charge is 0.463 e. The van der Waals surface area contributed by atoms with Crippen molar-refractivity contribution in [2.45, 2.75) is 33.2 Å². The third-order valence-electron chi connectivity index (χ3n) is 5.09. The van der Waals surface area contributed by atoms with Gasteiger partial charge in [-0.25, -0.2) is 0 Å². The molecule has 184 valence electrons. The van der Waals surface area contributed by atoms with Crippen LogP contribution in [0.3, 0.4) is 0 Å². The maximum Gasteiger partial charge on any atom is 0.322 e. The standard InChI is InChI=1S/C24H23NO10/c1-12(25)22(30)32-10-24(2,3)23(31)34-11-33-18(27)9-16(26)17-8-15-19(28)13-6-4-5-7-14(13)20(29)21(15)35-17/h4-8,12H,9-11,25H2,1-3H3. The van der Waals surface area contributed by atoms with Crippen LogP contribution in [0.2, 0.25) is 0 Å². The van der Waals surface area contributed by atoms with Crippen molar-refractivity contribution in [1.82, 2.24) is 0 Å². The van der Waals surface area contributed by atoms with Gasteiger partial charge in [-0.1, -0.05) is 24.3 Å². The maximum absolute atomic E-state index is 12.6. The number of rotatable bonds is 9. The topological polar surface area (TPSA) is 169 Å². The van der Waals surface area contributed by atoms with Crippen molar-refractivity contribution < 1.29 is 47.4 Å². The zero-order valence-electron chi connectivity index (χ0n) is 19.2. The van der Waals surface area contributed by atoms with Crippen molar-refractivity contribution in [3.8, 4) is 0 Å². The van der Waals surface area contributed by atoms with E-state index in [1.165, 1.54) is 32.9 Å². The van der Waals surface area contributed by atoms with Crippen LogP contribution in [0.4, 0.5) is 0 Å². The molecule has 0 aliphatic heterocycles. The predicted octanol–water partition coefficient (Wildman–Crippen LogP) is 1.59. The highest BCUT2D eigenvalue weighted by Gasteiger charge is 2.35. The normalized spacial score (nSPS) is 13.4. The van der Waals surface area contributed by atoms with Crippen LogP contribution in [0.5, 0.6) is 0 Å². The monoisotopic (exact) mass is 485 g/mol. The summed E-state index contributed by atoms with van der Waals surface area (Å²) >= 11 is 0. The Morgan fingerprint density at radius 1 is 0.971 bits per heavy atom. The summed E-state index contributed by atoms with van der Waals surface area (Å²) in [5.41, 5.74) is 4.44. The summed E-state index contributed by atoms with van der Waals surface area (Å²) < 4.78 is 19.8. The molecule has 2 aromatic rings. The Bertz CT molecular complexity index is 1170. The molecule has 35 heavy (non-hydrogen) atoms. The van der Waals surface area contributed by atoms with Gasteiger partial charge in [0.25, 0.3) is 0 Å². The van der Waals surface area contributed by atoms with E-state index in [0.29, 0.717) is 0 Å². The summed E-state index contributed by atoms with van der Waals surface area (Å²) in [6.07, 6.45) is -0.783. The van der Waals surface area contributed by atoms with Gasteiger partial charge in [0.15, 0.2) is 17.3 Å². The molecule has 0 spiro atoms. The van der Waals surface area contributed by atoms with Crippen molar-refractivity contribution in [1.29, 1.82) is 0 Å². The van der Waals surface area contributed by atoms with Gasteiger partial charge >= 0.3 is 17.9 Å². The van der Waals surface area contributed by atoms with Crippen molar-refractivity contribution in [2.24, 2.45) is 11.1 Å². The number of fused-ring (bicyclic) bond motifs is 2. The highest BCUT2D eigenvalue weighted by molar-refractivity contribution is 6.28. The first-order chi connectivity index (χ1) is 16.4. The summed E-state index contributed by atoms with van der Waals surface area (Å²) in [5, 5.41) is 0. The second-order valence-electron chi connectivity index (χ2n) is 8.50. The molecule has 1 aromatic carbocycles. The van der Waals surface area contributed by atoms with Crippen LogP contribution < -0.4 is 5.73 Å². The SMILES string of the molecule is CC(N)C(=O)OCC(C)(C)C(=O)OCOC(=O)CC(=O)c1cc2c(o1)C(=O)c1ccccc1C2=O. The molecule has 3 rings (SSSR count). The molecular formula is C24H23NO10. The van der Waals surface area contributed by atoms with Crippen LogP contribution in [-0.4, -0.2) is 54.7 Å². The Morgan fingerprint density at radius 2 is 1.60 bits per heavy atom. The summed E-state index contributed by atoms with van der Waals surface area (Å²) in [5.74, 6) is -5.00. The summed E-state index contributed by atoms with van der Waals surface area (Å²) in [6.45, 7) is 3.25. The molecule has 0 fully saturated rings. The van der Waals surface area contributed by atoms with Crippen molar-refractivity contribution in [2.75, 3.05) is 13.4 Å². The van der Waals surface area contributed by atoms with Gasteiger partial charge in [0.1, 0.15) is 19.1 Å². The fourth-order valence-corrected chi connectivity index (χ4v) is 3.07. The van der Waals surface area contributed by atoms with Crippen LogP contribution in [0, 0.1) is 5.41 Å². The molecule has 0 radical (unpaired) electrons. The summed E-state index contributed by atoms with van der Waals surface area (Å²) in [6, 6.07) is 6.44. The van der Waals surface area contributed by atoms with E-state index in [0.717, 1.165) is 6.07 Å². The summed E-state index contributed by atoms with van der Waals surface area (Å²) in [7, 11) is 0. The highest BCUT2D eigenvalue weighted by atomic mass is 16.7. The number of nitrogens with two attached hydrogens (primary N) is 1. The number of hydrogen-bond donors (Lipinski definition) is 1. The first-order valence-electron chi connectivity index (χ1n) is 10.5. The van der Waals surface area contributed by atoms with Gasteiger partial charge in [-0.3, -0.25) is 28.8 Å². The number of carbonyl (C=O) groups excluding carboxylic acids is 6. The van der Waals surface area contributed by atoms with Crippen molar-refractivity contribution >= 4 is 35.3 Å². The third-order valence-corrected chi connectivity index (χ3v) is 5.09. The molecule has 1 atom stereocenters. The quantitative estimate of drug-likeness (QED) is 0.202. The van der Waals surface area contributed by atoms with E-state index in [-0.39, 0.29) is 34.8 Å². The molecule has 1 heterocycles. The Balaban J connectivity index is 1.53. The molecule has 2 N–H and O–H groups in total. The van der Waals surface area contributed by atoms with Crippen molar-refractivity contribution in [3.05, 3.63) is 58.5 Å². The van der Waals surface area contributed by atoms with Gasteiger partial charge in [0, 0.05) is 11.1 Å². The average molecular weight is 485 g/mol. The maximum atomic E-state index is 12.6. The lowest BCUT2D eigenvalue weighted by molar-refractivity contribution is -0.176. The molecule has 0 amide bonds. The lowest BCUT2D eigenvalue weighted by atomic mass is 9.88. The highest BCUT2D eigenvalue weighted by Crippen LogP contribution is 2.30. The van der Waals surface area contributed by atoms with E-state index in [1.807, 2.05) is 0 Å². The number of hydrogen-bond acceptors (Lipinski definition) is 11. The van der Waals surface area contributed by atoms with Gasteiger partial charge in [0.05, 0.1) is 11.0 Å². The number of furan rings is 1. The van der Waals surface area contributed by atoms with Crippen LogP contribution in [0.1, 0.15) is 69.8 Å². The van der Waals surface area contributed by atoms with E-state index in [4.69, 9.17) is 24.4 Å². The molecule has 11 nitrogen and oxygen atoms in total. The number of ether oxygens (including phenoxy) is 3. The van der Waals surface area contributed by atoms with Crippen molar-refractivity contribution in [3.63, 3.8) is 0 Å².